The minimum atomic E-state index is -0.802. The van der Waals surface area contributed by atoms with Gasteiger partial charge >= 0.3 is 0 Å². The number of aromatic nitrogens is 1. The first kappa shape index (κ1) is 21.9. The van der Waals surface area contributed by atoms with E-state index in [0.29, 0.717) is 42.8 Å². The molecule has 2 aromatic rings. The molecule has 1 aliphatic carbocycles. The molecule has 0 atom stereocenters. The molecule has 2 aliphatic rings. The molecule has 0 saturated heterocycles. The molecule has 1 fully saturated rings. The molecule has 4 rings (SSSR count). The van der Waals surface area contributed by atoms with E-state index in [0.717, 1.165) is 12.5 Å². The van der Waals surface area contributed by atoms with Gasteiger partial charge in [0.1, 0.15) is 11.5 Å². The average molecular weight is 460 g/mol. The van der Waals surface area contributed by atoms with Gasteiger partial charge in [0.15, 0.2) is 0 Å². The Kier molecular flexibility index (Phi) is 5.46. The van der Waals surface area contributed by atoms with Gasteiger partial charge in [0.2, 0.25) is 0 Å². The molecule has 0 spiro atoms. The van der Waals surface area contributed by atoms with Crippen molar-refractivity contribution in [1.82, 2.24) is 9.88 Å². The topological polar surface area (TPSA) is 132 Å². The summed E-state index contributed by atoms with van der Waals surface area (Å²) in [5.41, 5.74) is 12.2. The van der Waals surface area contributed by atoms with E-state index >= 15 is 0 Å². The predicted molar refractivity (Wildman–Crippen MR) is 118 cm³/mol. The number of halogens is 2. The van der Waals surface area contributed by atoms with E-state index in [9.17, 15) is 18.8 Å². The lowest BCUT2D eigenvalue weighted by molar-refractivity contribution is -0.117. The van der Waals surface area contributed by atoms with Crippen molar-refractivity contribution >= 4 is 34.9 Å². The number of amides is 2. The van der Waals surface area contributed by atoms with Gasteiger partial charge in [-0.2, -0.15) is 0 Å². The van der Waals surface area contributed by atoms with E-state index in [1.54, 1.807) is 11.5 Å². The number of Topliss-reactive ketones (excluding diaryl/α,β-unsaturated/α-hetero) is 1. The van der Waals surface area contributed by atoms with Crippen LogP contribution in [-0.4, -0.2) is 27.7 Å². The molecule has 1 aromatic heterocycles. The van der Waals surface area contributed by atoms with Crippen LogP contribution in [0.4, 0.5) is 10.1 Å². The van der Waals surface area contributed by atoms with Gasteiger partial charge in [-0.15, -0.1) is 0 Å². The standard InChI is InChI=1S/C22H23ClFN5O3/c1-11-17(19(30)21(32)28-22(6-7-22)16(26)10-25)15-3-2-8-29(15)18(11)20(31)27-14-9-12(23)4-5-13(14)24/h4-5,9-10H,2-3,6-8,25-26H2,1H3,(H,27,31)(H,28,32)/b16-10-. The van der Waals surface area contributed by atoms with Crippen LogP contribution in [0.2, 0.25) is 5.02 Å². The zero-order valence-electron chi connectivity index (χ0n) is 17.4. The SMILES string of the molecule is Cc1c(C(=O)C(=O)NC2(/C(N)=C/N)CC2)c2n(c1C(=O)Nc1cc(Cl)ccc1F)CCC2. The van der Waals surface area contributed by atoms with Gasteiger partial charge in [-0.05, 0) is 56.4 Å². The lowest BCUT2D eigenvalue weighted by atomic mass is 10.0. The number of nitrogens with two attached hydrogens (primary N) is 2. The first-order valence-corrected chi connectivity index (χ1v) is 10.6. The number of benzene rings is 1. The number of rotatable bonds is 6. The molecule has 0 bridgehead atoms. The number of anilines is 1. The summed E-state index contributed by atoms with van der Waals surface area (Å²) >= 11 is 5.91. The largest absolute Gasteiger partial charge is 0.403 e. The van der Waals surface area contributed by atoms with Crippen LogP contribution in [0.3, 0.4) is 0 Å². The van der Waals surface area contributed by atoms with Gasteiger partial charge < -0.3 is 26.7 Å². The maximum atomic E-state index is 14.1. The summed E-state index contributed by atoms with van der Waals surface area (Å²) in [5.74, 6) is -2.76. The Morgan fingerprint density at radius 3 is 2.66 bits per heavy atom. The highest BCUT2D eigenvalue weighted by molar-refractivity contribution is 6.44. The number of nitrogens with zero attached hydrogens (tertiary/aromatic N) is 1. The van der Waals surface area contributed by atoms with Crippen LogP contribution in [0, 0.1) is 12.7 Å². The molecular weight excluding hydrogens is 437 g/mol. The van der Waals surface area contributed by atoms with Crippen molar-refractivity contribution in [2.24, 2.45) is 11.5 Å². The summed E-state index contributed by atoms with van der Waals surface area (Å²) in [4.78, 5) is 38.9. The van der Waals surface area contributed by atoms with Crippen molar-refractivity contribution < 1.29 is 18.8 Å². The van der Waals surface area contributed by atoms with Gasteiger partial charge in [-0.1, -0.05) is 11.6 Å². The summed E-state index contributed by atoms with van der Waals surface area (Å²) in [6.07, 6.45) is 3.67. The zero-order valence-corrected chi connectivity index (χ0v) is 18.2. The van der Waals surface area contributed by atoms with Crippen LogP contribution in [0.15, 0.2) is 30.1 Å². The van der Waals surface area contributed by atoms with E-state index in [2.05, 4.69) is 10.6 Å². The fraction of sp³-hybridized carbons (Fsp3) is 0.318. The monoisotopic (exact) mass is 459 g/mol. The zero-order chi connectivity index (χ0) is 23.2. The lowest BCUT2D eigenvalue weighted by Crippen LogP contribution is -2.44. The Morgan fingerprint density at radius 1 is 1.28 bits per heavy atom. The van der Waals surface area contributed by atoms with Crippen LogP contribution in [0.5, 0.6) is 0 Å². The molecule has 0 unspecified atom stereocenters. The number of carbonyl (C=O) groups excluding carboxylic acids is 3. The number of fused-ring (bicyclic) bond motifs is 1. The van der Waals surface area contributed by atoms with Gasteiger partial charge in [0, 0.05) is 29.2 Å². The fourth-order valence-corrected chi connectivity index (χ4v) is 4.42. The molecule has 8 nitrogen and oxygen atoms in total. The van der Waals surface area contributed by atoms with Crippen molar-refractivity contribution in [3.63, 3.8) is 0 Å². The molecule has 6 N–H and O–H groups in total. The summed E-state index contributed by atoms with van der Waals surface area (Å²) in [5, 5.41) is 5.48. The average Bonchev–Trinajstić information content (AvgIpc) is 3.29. The van der Waals surface area contributed by atoms with Crippen molar-refractivity contribution in [2.75, 3.05) is 5.32 Å². The molecule has 2 heterocycles. The van der Waals surface area contributed by atoms with Crippen molar-refractivity contribution in [3.8, 4) is 0 Å². The molecule has 168 valence electrons. The Labute approximate surface area is 188 Å². The highest BCUT2D eigenvalue weighted by Gasteiger charge is 2.48. The third-order valence-electron chi connectivity index (χ3n) is 6.07. The fourth-order valence-electron chi connectivity index (χ4n) is 4.25. The summed E-state index contributed by atoms with van der Waals surface area (Å²) < 4.78 is 15.8. The summed E-state index contributed by atoms with van der Waals surface area (Å²) in [7, 11) is 0. The first-order valence-electron chi connectivity index (χ1n) is 10.2. The van der Waals surface area contributed by atoms with E-state index in [1.807, 2.05) is 0 Å². The highest BCUT2D eigenvalue weighted by atomic mass is 35.5. The van der Waals surface area contributed by atoms with Crippen LogP contribution in [0.1, 0.15) is 51.4 Å². The van der Waals surface area contributed by atoms with Crippen molar-refractivity contribution in [1.29, 1.82) is 0 Å². The second-order valence-electron chi connectivity index (χ2n) is 8.12. The third-order valence-corrected chi connectivity index (χ3v) is 6.30. The number of hydrogen-bond acceptors (Lipinski definition) is 5. The van der Waals surface area contributed by atoms with Gasteiger partial charge in [0.05, 0.1) is 16.8 Å². The van der Waals surface area contributed by atoms with Gasteiger partial charge in [-0.3, -0.25) is 14.4 Å². The maximum absolute atomic E-state index is 14.1. The van der Waals surface area contributed by atoms with Crippen molar-refractivity contribution in [2.45, 2.75) is 44.7 Å². The Hall–Kier alpha value is -3.33. The van der Waals surface area contributed by atoms with E-state index in [1.165, 1.54) is 18.3 Å². The summed E-state index contributed by atoms with van der Waals surface area (Å²) in [6, 6.07) is 3.84. The molecule has 1 aromatic carbocycles. The van der Waals surface area contributed by atoms with E-state index in [-0.39, 0.29) is 22.0 Å². The lowest BCUT2D eigenvalue weighted by Gasteiger charge is -2.17. The molecular formula is C22H23ClFN5O3. The number of carbonyl (C=O) groups is 3. The third kappa shape index (κ3) is 3.62. The van der Waals surface area contributed by atoms with Crippen LogP contribution >= 0.6 is 11.6 Å². The second kappa shape index (κ2) is 7.98. The normalized spacial score (nSPS) is 16.4. The van der Waals surface area contributed by atoms with Crippen LogP contribution in [-0.2, 0) is 17.8 Å². The van der Waals surface area contributed by atoms with Gasteiger partial charge in [0.25, 0.3) is 17.6 Å². The minimum Gasteiger partial charge on any atom is -0.403 e. The smallest absolute Gasteiger partial charge is 0.293 e. The highest BCUT2D eigenvalue weighted by Crippen LogP contribution is 2.40. The molecule has 1 aliphatic heterocycles. The Bertz CT molecular complexity index is 1180. The molecule has 32 heavy (non-hydrogen) atoms. The molecule has 0 radical (unpaired) electrons. The van der Waals surface area contributed by atoms with Crippen LogP contribution in [0.25, 0.3) is 0 Å². The van der Waals surface area contributed by atoms with Crippen LogP contribution < -0.4 is 22.1 Å². The summed E-state index contributed by atoms with van der Waals surface area (Å²) in [6.45, 7) is 2.12. The Balaban J connectivity index is 1.65. The predicted octanol–water partition coefficient (Wildman–Crippen LogP) is 2.38. The second-order valence-corrected chi connectivity index (χ2v) is 8.55. The molecule has 10 heteroatoms. The quantitative estimate of drug-likeness (QED) is 0.389. The maximum Gasteiger partial charge on any atom is 0.293 e. The molecule has 2 amide bonds. The minimum absolute atomic E-state index is 0.0687. The Morgan fingerprint density at radius 2 is 2.00 bits per heavy atom. The van der Waals surface area contributed by atoms with E-state index in [4.69, 9.17) is 23.1 Å². The first-order chi connectivity index (χ1) is 15.2. The van der Waals surface area contributed by atoms with Crippen molar-refractivity contribution in [3.05, 3.63) is 63.5 Å². The number of nitrogens with one attached hydrogen (secondary N) is 2. The number of hydrogen-bond donors (Lipinski definition) is 4. The molecule has 1 saturated carbocycles. The van der Waals surface area contributed by atoms with Gasteiger partial charge in [-0.25, -0.2) is 4.39 Å². The van der Waals surface area contributed by atoms with E-state index < -0.39 is 29.0 Å². The number of ketones is 1.